The van der Waals surface area contributed by atoms with E-state index >= 15 is 0 Å². The van der Waals surface area contributed by atoms with Gasteiger partial charge < -0.3 is 10.1 Å². The van der Waals surface area contributed by atoms with E-state index < -0.39 is 0 Å². The zero-order chi connectivity index (χ0) is 13.0. The number of thiophene rings is 1. The van der Waals surface area contributed by atoms with Crippen LogP contribution in [0.25, 0.3) is 0 Å². The number of hydrogen-bond acceptors (Lipinski definition) is 3. The highest BCUT2D eigenvalue weighted by molar-refractivity contribution is 7.11. The quantitative estimate of drug-likeness (QED) is 0.893. The molecule has 2 rings (SSSR count). The minimum absolute atomic E-state index is 0.285. The van der Waals surface area contributed by atoms with E-state index in [9.17, 15) is 4.39 Å². The molecule has 1 heterocycles. The minimum atomic E-state index is -0.316. The highest BCUT2D eigenvalue weighted by Crippen LogP contribution is 2.18. The standard InChI is InChI=1S/C14H16FNOS/c1-10-3-5-12(18-10)9-16-8-11-4-6-14(17-2)13(15)7-11/h3-7,16H,8-9H2,1-2H3. The zero-order valence-electron chi connectivity index (χ0n) is 10.5. The Morgan fingerprint density at radius 2 is 2.06 bits per heavy atom. The minimum Gasteiger partial charge on any atom is -0.494 e. The molecule has 0 unspecified atom stereocenters. The zero-order valence-corrected chi connectivity index (χ0v) is 11.3. The molecule has 0 saturated heterocycles. The maximum absolute atomic E-state index is 13.5. The Balaban J connectivity index is 1.88. The van der Waals surface area contributed by atoms with Crippen molar-refractivity contribution in [2.45, 2.75) is 20.0 Å². The van der Waals surface area contributed by atoms with Gasteiger partial charge in [0, 0.05) is 22.8 Å². The van der Waals surface area contributed by atoms with E-state index in [-0.39, 0.29) is 11.6 Å². The molecule has 0 saturated carbocycles. The van der Waals surface area contributed by atoms with Crippen molar-refractivity contribution in [3.8, 4) is 5.75 Å². The normalized spacial score (nSPS) is 10.6. The monoisotopic (exact) mass is 265 g/mol. The summed E-state index contributed by atoms with van der Waals surface area (Å²) in [5.74, 6) is -0.0311. The topological polar surface area (TPSA) is 21.3 Å². The summed E-state index contributed by atoms with van der Waals surface area (Å²) in [5.41, 5.74) is 0.918. The summed E-state index contributed by atoms with van der Waals surface area (Å²) in [6, 6.07) is 9.25. The van der Waals surface area contributed by atoms with Gasteiger partial charge in [0.15, 0.2) is 11.6 Å². The second kappa shape index (κ2) is 5.98. The molecule has 0 amide bonds. The van der Waals surface area contributed by atoms with Crippen LogP contribution in [0.5, 0.6) is 5.75 Å². The van der Waals surface area contributed by atoms with Crippen LogP contribution >= 0.6 is 11.3 Å². The van der Waals surface area contributed by atoms with E-state index in [0.29, 0.717) is 6.54 Å². The third kappa shape index (κ3) is 3.31. The number of rotatable bonds is 5. The molecule has 0 atom stereocenters. The number of hydrogen-bond donors (Lipinski definition) is 1. The van der Waals surface area contributed by atoms with Crippen LogP contribution in [0.4, 0.5) is 4.39 Å². The summed E-state index contributed by atoms with van der Waals surface area (Å²) in [5, 5.41) is 3.30. The molecule has 0 fully saturated rings. The van der Waals surface area contributed by atoms with Crippen molar-refractivity contribution in [1.82, 2.24) is 5.32 Å². The Bertz CT molecular complexity index is 524. The number of benzene rings is 1. The van der Waals surface area contributed by atoms with Crippen LogP contribution in [0.15, 0.2) is 30.3 Å². The van der Waals surface area contributed by atoms with Crippen LogP contribution in [0, 0.1) is 12.7 Å². The van der Waals surface area contributed by atoms with Gasteiger partial charge in [0.25, 0.3) is 0 Å². The summed E-state index contributed by atoms with van der Waals surface area (Å²) in [7, 11) is 1.47. The van der Waals surface area contributed by atoms with Gasteiger partial charge in [-0.25, -0.2) is 4.39 Å². The fourth-order valence-electron chi connectivity index (χ4n) is 1.73. The molecule has 18 heavy (non-hydrogen) atoms. The second-order valence-corrected chi connectivity index (χ2v) is 5.46. The molecule has 96 valence electrons. The van der Waals surface area contributed by atoms with Gasteiger partial charge >= 0.3 is 0 Å². The number of ether oxygens (including phenoxy) is 1. The first kappa shape index (κ1) is 13.1. The highest BCUT2D eigenvalue weighted by Gasteiger charge is 2.03. The molecule has 0 radical (unpaired) electrons. The van der Waals surface area contributed by atoms with Gasteiger partial charge in [0.05, 0.1) is 7.11 Å². The van der Waals surface area contributed by atoms with Gasteiger partial charge in [0.2, 0.25) is 0 Å². The Labute approximate surface area is 110 Å². The van der Waals surface area contributed by atoms with Crippen molar-refractivity contribution in [2.24, 2.45) is 0 Å². The Morgan fingerprint density at radius 3 is 2.67 bits per heavy atom. The molecule has 0 aliphatic rings. The average Bonchev–Trinajstić information content (AvgIpc) is 2.75. The second-order valence-electron chi connectivity index (χ2n) is 4.08. The van der Waals surface area contributed by atoms with Crippen LogP contribution in [-0.2, 0) is 13.1 Å². The SMILES string of the molecule is COc1ccc(CNCc2ccc(C)s2)cc1F. The van der Waals surface area contributed by atoms with E-state index in [4.69, 9.17) is 4.74 Å². The van der Waals surface area contributed by atoms with Gasteiger partial charge in [0.1, 0.15) is 0 Å². The predicted molar refractivity (Wildman–Crippen MR) is 72.6 cm³/mol. The first-order valence-electron chi connectivity index (χ1n) is 5.77. The summed E-state index contributed by atoms with van der Waals surface area (Å²) in [6.07, 6.45) is 0. The van der Waals surface area contributed by atoms with Crippen molar-refractivity contribution < 1.29 is 9.13 Å². The van der Waals surface area contributed by atoms with E-state index in [1.165, 1.54) is 22.9 Å². The number of halogens is 1. The Morgan fingerprint density at radius 1 is 1.22 bits per heavy atom. The first-order chi connectivity index (χ1) is 8.69. The van der Waals surface area contributed by atoms with Crippen molar-refractivity contribution in [3.05, 3.63) is 51.5 Å². The van der Waals surface area contributed by atoms with Crippen molar-refractivity contribution >= 4 is 11.3 Å². The van der Waals surface area contributed by atoms with E-state index in [2.05, 4.69) is 24.4 Å². The number of nitrogens with one attached hydrogen (secondary N) is 1. The Kier molecular flexibility index (Phi) is 4.33. The smallest absolute Gasteiger partial charge is 0.165 e. The highest BCUT2D eigenvalue weighted by atomic mass is 32.1. The third-order valence-corrected chi connectivity index (χ3v) is 3.64. The molecule has 1 aromatic heterocycles. The molecule has 2 aromatic rings. The van der Waals surface area contributed by atoms with Gasteiger partial charge in [-0.05, 0) is 36.8 Å². The largest absolute Gasteiger partial charge is 0.494 e. The van der Waals surface area contributed by atoms with Crippen LogP contribution in [0.2, 0.25) is 0 Å². The lowest BCUT2D eigenvalue weighted by molar-refractivity contribution is 0.386. The van der Waals surface area contributed by atoms with Crippen LogP contribution in [0.1, 0.15) is 15.3 Å². The van der Waals surface area contributed by atoms with E-state index in [1.807, 2.05) is 6.07 Å². The Hall–Kier alpha value is -1.39. The fraction of sp³-hybridized carbons (Fsp3) is 0.286. The molecular formula is C14H16FNOS. The van der Waals surface area contributed by atoms with Crippen LogP contribution < -0.4 is 10.1 Å². The molecular weight excluding hydrogens is 249 g/mol. The molecule has 0 bridgehead atoms. The van der Waals surface area contributed by atoms with Crippen molar-refractivity contribution in [1.29, 1.82) is 0 Å². The first-order valence-corrected chi connectivity index (χ1v) is 6.59. The fourth-order valence-corrected chi connectivity index (χ4v) is 2.59. The van der Waals surface area contributed by atoms with Crippen molar-refractivity contribution in [2.75, 3.05) is 7.11 Å². The predicted octanol–water partition coefficient (Wildman–Crippen LogP) is 3.49. The van der Waals surface area contributed by atoms with E-state index in [1.54, 1.807) is 17.4 Å². The molecule has 0 spiro atoms. The van der Waals surface area contributed by atoms with Gasteiger partial charge in [-0.15, -0.1) is 11.3 Å². The van der Waals surface area contributed by atoms with Gasteiger partial charge in [-0.2, -0.15) is 0 Å². The third-order valence-electron chi connectivity index (χ3n) is 2.64. The lowest BCUT2D eigenvalue weighted by Gasteiger charge is -2.06. The lowest BCUT2D eigenvalue weighted by Crippen LogP contribution is -2.11. The van der Waals surface area contributed by atoms with E-state index in [0.717, 1.165) is 12.1 Å². The molecule has 1 N–H and O–H groups in total. The summed E-state index contributed by atoms with van der Waals surface area (Å²) >= 11 is 1.78. The average molecular weight is 265 g/mol. The summed E-state index contributed by atoms with van der Waals surface area (Å²) in [6.45, 7) is 3.55. The van der Waals surface area contributed by atoms with Gasteiger partial charge in [-0.1, -0.05) is 6.07 Å². The molecule has 0 aliphatic carbocycles. The number of methoxy groups -OCH3 is 1. The molecule has 4 heteroatoms. The molecule has 2 nitrogen and oxygen atoms in total. The molecule has 1 aromatic carbocycles. The number of aryl methyl sites for hydroxylation is 1. The maximum Gasteiger partial charge on any atom is 0.165 e. The summed E-state index contributed by atoms with van der Waals surface area (Å²) < 4.78 is 18.3. The van der Waals surface area contributed by atoms with Gasteiger partial charge in [-0.3, -0.25) is 0 Å². The summed E-state index contributed by atoms with van der Waals surface area (Å²) in [4.78, 5) is 2.60. The van der Waals surface area contributed by atoms with Crippen LogP contribution in [-0.4, -0.2) is 7.11 Å². The molecule has 0 aliphatic heterocycles. The lowest BCUT2D eigenvalue weighted by atomic mass is 10.2. The maximum atomic E-state index is 13.5. The van der Waals surface area contributed by atoms with Crippen molar-refractivity contribution in [3.63, 3.8) is 0 Å². The van der Waals surface area contributed by atoms with Crippen LogP contribution in [0.3, 0.4) is 0 Å².